The Hall–Kier alpha value is -4.47. The highest BCUT2D eigenvalue weighted by Gasteiger charge is 2.48. The number of aliphatic hydroxyl groups excluding tert-OH is 1. The van der Waals surface area contributed by atoms with E-state index in [1.54, 1.807) is 66.5 Å². The summed E-state index contributed by atoms with van der Waals surface area (Å²) in [5.41, 5.74) is -3.06. The Balaban J connectivity index is 1.13. The molecule has 22 heteroatoms. The predicted molar refractivity (Wildman–Crippen MR) is 252 cm³/mol. The highest BCUT2D eigenvalue weighted by molar-refractivity contribution is 7.99. The van der Waals surface area contributed by atoms with Crippen LogP contribution in [-0.2, 0) is 28.9 Å². The van der Waals surface area contributed by atoms with Crippen molar-refractivity contribution in [2.45, 2.75) is 51.6 Å². The van der Waals surface area contributed by atoms with E-state index in [4.69, 9.17) is 21.4 Å². The molecule has 5 aromatic carbocycles. The standard InChI is InChI=1S/C45H49ClF3N4O10PS3/c1-52(27-28-63-64(56,57)58)24-23-35(30-65-37-7-3-2-4-8-37)50-41-20-19-38(29-42(41)66(59,60)45(47,48)49)67(61,62)51-44(55)33-13-17-36(18-14-33)53-25-21-32(22-26-53)43(54)40-10-6-5-9-39(40)31-11-15-34(46)16-12-31/h2-20,29,32,35,43,50,54H,21-28,30H2,1H3,(H,51,55)(H2,56,57,58)/t35-,43-/m1/s1. The van der Waals surface area contributed by atoms with Crippen molar-refractivity contribution in [3.8, 4) is 11.1 Å². The zero-order valence-electron chi connectivity index (χ0n) is 35.9. The number of nitrogens with one attached hydrogen (secondary N) is 2. The Labute approximate surface area is 396 Å². The van der Waals surface area contributed by atoms with Crippen LogP contribution in [0.5, 0.6) is 0 Å². The summed E-state index contributed by atoms with van der Waals surface area (Å²) in [5.74, 6) is -0.941. The van der Waals surface area contributed by atoms with E-state index in [0.29, 0.717) is 37.0 Å². The number of rotatable bonds is 20. The van der Waals surface area contributed by atoms with Gasteiger partial charge in [-0.25, -0.2) is 26.1 Å². The number of alkyl halides is 3. The summed E-state index contributed by atoms with van der Waals surface area (Å²) in [6.07, 6.45) is 0.773. The molecule has 1 saturated heterocycles. The number of nitrogens with zero attached hydrogens (tertiary/aromatic N) is 2. The van der Waals surface area contributed by atoms with Gasteiger partial charge in [0, 0.05) is 52.6 Å². The molecule has 1 amide bonds. The lowest BCUT2D eigenvalue weighted by Crippen LogP contribution is -2.36. The van der Waals surface area contributed by atoms with Crippen LogP contribution >= 0.6 is 31.2 Å². The maximum atomic E-state index is 14.2. The third kappa shape index (κ3) is 14.1. The van der Waals surface area contributed by atoms with Gasteiger partial charge in [0.25, 0.3) is 25.8 Å². The van der Waals surface area contributed by atoms with Gasteiger partial charge in [-0.3, -0.25) is 9.32 Å². The smallest absolute Gasteiger partial charge is 0.388 e. The Morgan fingerprint density at radius 1 is 0.910 bits per heavy atom. The largest absolute Gasteiger partial charge is 0.501 e. The number of hydrogen-bond donors (Lipinski definition) is 5. The van der Waals surface area contributed by atoms with Crippen molar-refractivity contribution in [1.82, 2.24) is 9.62 Å². The number of benzene rings is 5. The fraction of sp³-hybridized carbons (Fsp3) is 0.311. The molecule has 2 atom stereocenters. The number of sulfone groups is 1. The van der Waals surface area contributed by atoms with Crippen LogP contribution in [0.2, 0.25) is 5.02 Å². The molecular formula is C45H49ClF3N4O10PS3. The summed E-state index contributed by atoms with van der Waals surface area (Å²) in [4.78, 5) is 33.5. The molecule has 0 saturated carbocycles. The Bertz CT molecular complexity index is 2750. The molecule has 0 bridgehead atoms. The number of likely N-dealkylation sites (N-methyl/N-ethyl adjacent to an activating group) is 1. The van der Waals surface area contributed by atoms with E-state index >= 15 is 0 Å². The molecule has 67 heavy (non-hydrogen) atoms. The van der Waals surface area contributed by atoms with Gasteiger partial charge in [-0.15, -0.1) is 11.8 Å². The number of hydrogen-bond acceptors (Lipinski definition) is 12. The van der Waals surface area contributed by atoms with Crippen molar-refractivity contribution in [2.75, 3.05) is 55.8 Å². The molecule has 0 aliphatic carbocycles. The first-order valence-electron chi connectivity index (χ1n) is 20.8. The van der Waals surface area contributed by atoms with Crippen molar-refractivity contribution in [3.05, 3.63) is 137 Å². The summed E-state index contributed by atoms with van der Waals surface area (Å²) < 4.78 is 113. The number of thioether (sulfide) groups is 1. The first kappa shape index (κ1) is 51.9. The van der Waals surface area contributed by atoms with Crippen molar-refractivity contribution in [3.63, 3.8) is 0 Å². The normalized spacial score (nSPS) is 15.0. The van der Waals surface area contributed by atoms with E-state index in [1.807, 2.05) is 41.1 Å². The van der Waals surface area contributed by atoms with E-state index in [2.05, 4.69) is 14.7 Å². The van der Waals surface area contributed by atoms with Crippen LogP contribution in [0, 0.1) is 5.92 Å². The van der Waals surface area contributed by atoms with Gasteiger partial charge in [-0.2, -0.15) is 13.2 Å². The minimum absolute atomic E-state index is 0.0407. The molecule has 0 unspecified atom stereocenters. The monoisotopic (exact) mass is 1020 g/mol. The predicted octanol–water partition coefficient (Wildman–Crippen LogP) is 8.37. The Morgan fingerprint density at radius 2 is 1.55 bits per heavy atom. The highest BCUT2D eigenvalue weighted by Crippen LogP contribution is 2.39. The van der Waals surface area contributed by atoms with Gasteiger partial charge in [0.15, 0.2) is 0 Å². The molecule has 5 aromatic rings. The highest BCUT2D eigenvalue weighted by atomic mass is 35.5. The Morgan fingerprint density at radius 3 is 2.19 bits per heavy atom. The second-order valence-electron chi connectivity index (χ2n) is 15.8. The molecule has 14 nitrogen and oxygen atoms in total. The zero-order chi connectivity index (χ0) is 48.6. The van der Waals surface area contributed by atoms with Gasteiger partial charge in [0.05, 0.1) is 23.3 Å². The van der Waals surface area contributed by atoms with E-state index in [9.17, 15) is 44.5 Å². The lowest BCUT2D eigenvalue weighted by molar-refractivity contribution is -0.0436. The number of piperidine rings is 1. The SMILES string of the molecule is CN(CCOP(=O)(O)O)CC[C@H](CSc1ccccc1)Nc1ccc(S(=O)(=O)NC(=O)c2ccc(N3CCC([C@@H](O)c4ccccc4-c4ccc(Cl)cc4)CC3)cc2)cc1S(=O)(=O)C(F)(F)F. The van der Waals surface area contributed by atoms with Crippen LogP contribution in [0.15, 0.2) is 136 Å². The summed E-state index contributed by atoms with van der Waals surface area (Å²) in [6, 6.07) is 31.5. The van der Waals surface area contributed by atoms with Gasteiger partial charge in [0.1, 0.15) is 4.90 Å². The third-order valence-corrected chi connectivity index (χ3v) is 15.9. The summed E-state index contributed by atoms with van der Waals surface area (Å²) in [7, 11) is -14.2. The van der Waals surface area contributed by atoms with Crippen molar-refractivity contribution in [1.29, 1.82) is 0 Å². The lowest BCUT2D eigenvalue weighted by atomic mass is 9.84. The number of sulfonamides is 1. The molecule has 360 valence electrons. The average Bonchev–Trinajstić information content (AvgIpc) is 3.29. The fourth-order valence-electron chi connectivity index (χ4n) is 7.51. The van der Waals surface area contributed by atoms with E-state index in [-0.39, 0.29) is 43.4 Å². The van der Waals surface area contributed by atoms with Crippen LogP contribution in [0.25, 0.3) is 11.1 Å². The van der Waals surface area contributed by atoms with Gasteiger partial charge in [-0.05, 0) is 122 Å². The molecule has 0 radical (unpaired) electrons. The summed E-state index contributed by atoms with van der Waals surface area (Å²) >= 11 is 7.41. The Kier molecular flexibility index (Phi) is 17.3. The third-order valence-electron chi connectivity index (χ3n) is 11.1. The first-order valence-corrected chi connectivity index (χ1v) is 26.7. The molecule has 1 fully saturated rings. The van der Waals surface area contributed by atoms with Gasteiger partial charge in [-0.1, -0.05) is 66.2 Å². The molecule has 5 N–H and O–H groups in total. The number of aliphatic hydroxyl groups is 1. The summed E-state index contributed by atoms with van der Waals surface area (Å²) in [5, 5.41) is 15.0. The molecule has 0 aromatic heterocycles. The zero-order valence-corrected chi connectivity index (χ0v) is 40.0. The lowest BCUT2D eigenvalue weighted by Gasteiger charge is -2.36. The molecule has 1 heterocycles. The number of carbonyl (C=O) groups is 1. The van der Waals surface area contributed by atoms with Gasteiger partial charge < -0.3 is 30.0 Å². The van der Waals surface area contributed by atoms with Crippen LogP contribution in [0.4, 0.5) is 24.5 Å². The van der Waals surface area contributed by atoms with Crippen molar-refractivity contribution >= 4 is 68.3 Å². The van der Waals surface area contributed by atoms with Crippen LogP contribution < -0.4 is 14.9 Å². The van der Waals surface area contributed by atoms with Crippen LogP contribution in [0.3, 0.4) is 0 Å². The quantitative estimate of drug-likeness (QED) is 0.0368. The van der Waals surface area contributed by atoms with Crippen molar-refractivity contribution in [2.24, 2.45) is 5.92 Å². The fourth-order valence-corrected chi connectivity index (χ4v) is 11.0. The number of halogens is 4. The molecular weight excluding hydrogens is 976 g/mol. The van der Waals surface area contributed by atoms with Crippen LogP contribution in [0.1, 0.15) is 41.3 Å². The minimum Gasteiger partial charge on any atom is -0.388 e. The van der Waals surface area contributed by atoms with E-state index in [0.717, 1.165) is 39.4 Å². The second-order valence-corrected chi connectivity index (χ2v) is 22.2. The number of carbonyl (C=O) groups excluding carboxylic acids is 1. The second kappa shape index (κ2) is 22.3. The number of phosphoric acid groups is 1. The van der Waals surface area contributed by atoms with E-state index in [1.165, 1.54) is 23.9 Å². The van der Waals surface area contributed by atoms with Gasteiger partial charge >= 0.3 is 13.3 Å². The maximum absolute atomic E-state index is 14.2. The molecule has 6 rings (SSSR count). The first-order chi connectivity index (χ1) is 31.6. The van der Waals surface area contributed by atoms with Crippen LogP contribution in [-0.4, -0.2) is 99.7 Å². The van der Waals surface area contributed by atoms with Crippen molar-refractivity contribution < 1.29 is 58.8 Å². The number of amides is 1. The van der Waals surface area contributed by atoms with E-state index < -0.39 is 66.7 Å². The maximum Gasteiger partial charge on any atom is 0.501 e. The summed E-state index contributed by atoms with van der Waals surface area (Å²) in [6.45, 7) is 1.15. The number of anilines is 2. The topological polar surface area (TPSA) is 203 Å². The average molecular weight is 1030 g/mol. The molecule has 0 spiro atoms. The minimum atomic E-state index is -6.16. The molecule has 1 aliphatic heterocycles. The molecule has 1 aliphatic rings. The van der Waals surface area contributed by atoms with Gasteiger partial charge in [0.2, 0.25) is 0 Å². The number of phosphoric ester groups is 1.